The lowest BCUT2D eigenvalue weighted by Crippen LogP contribution is -2.14. The molecule has 0 aromatic carbocycles. The minimum atomic E-state index is -3.66. The highest BCUT2D eigenvalue weighted by Gasteiger charge is 2.37. The van der Waals surface area contributed by atoms with Gasteiger partial charge in [0.25, 0.3) is 0 Å². The number of rotatable bonds is 3. The second-order valence-corrected chi connectivity index (χ2v) is 3.25. The number of esters is 1. The molecular formula is C8H9ClF2N2O2. The zero-order chi connectivity index (χ0) is 11.6. The van der Waals surface area contributed by atoms with Gasteiger partial charge < -0.3 is 4.74 Å². The molecule has 1 heterocycles. The molecule has 4 nitrogen and oxygen atoms in total. The molecule has 1 rings (SSSR count). The molecule has 84 valence electrons. The first-order valence-electron chi connectivity index (χ1n) is 4.17. The van der Waals surface area contributed by atoms with Crippen LogP contribution in [0.1, 0.15) is 28.7 Å². The molecule has 0 fully saturated rings. The summed E-state index contributed by atoms with van der Waals surface area (Å²) in [5.41, 5.74) is -0.916. The van der Waals surface area contributed by atoms with Crippen LogP contribution in [0.2, 0.25) is 0 Å². The standard InChI is InChI=1S/C8H9ClF2N2O2/c1-3-15-7(14)5-4(2)12-13-6(5)8(9,10)11/h3H2,1-2H3,(H,12,13). The summed E-state index contributed by atoms with van der Waals surface area (Å²) in [4.78, 5) is 11.3. The fraction of sp³-hybridized carbons (Fsp3) is 0.500. The van der Waals surface area contributed by atoms with Crippen molar-refractivity contribution in [3.63, 3.8) is 0 Å². The van der Waals surface area contributed by atoms with E-state index in [4.69, 9.17) is 11.6 Å². The van der Waals surface area contributed by atoms with Crippen molar-refractivity contribution in [3.8, 4) is 0 Å². The third-order valence-corrected chi connectivity index (χ3v) is 1.90. The van der Waals surface area contributed by atoms with Crippen LogP contribution in [0.4, 0.5) is 8.78 Å². The Bertz CT molecular complexity index is 373. The lowest BCUT2D eigenvalue weighted by molar-refractivity contribution is 0.0497. The van der Waals surface area contributed by atoms with Crippen molar-refractivity contribution >= 4 is 17.6 Å². The maximum absolute atomic E-state index is 12.8. The number of H-pyrrole nitrogens is 1. The van der Waals surface area contributed by atoms with Crippen molar-refractivity contribution in [2.24, 2.45) is 0 Å². The maximum atomic E-state index is 12.8. The Labute approximate surface area is 89.6 Å². The Kier molecular flexibility index (Phi) is 3.28. The first-order chi connectivity index (χ1) is 6.88. The molecule has 0 amide bonds. The van der Waals surface area contributed by atoms with Crippen LogP contribution < -0.4 is 0 Å². The van der Waals surface area contributed by atoms with Gasteiger partial charge in [-0.05, 0) is 25.4 Å². The van der Waals surface area contributed by atoms with E-state index in [1.165, 1.54) is 6.92 Å². The van der Waals surface area contributed by atoms with Crippen molar-refractivity contribution in [2.75, 3.05) is 6.61 Å². The predicted molar refractivity (Wildman–Crippen MR) is 49.0 cm³/mol. The number of hydrogen-bond donors (Lipinski definition) is 1. The number of carbonyl (C=O) groups excluding carboxylic acids is 1. The van der Waals surface area contributed by atoms with Crippen LogP contribution in [0.15, 0.2) is 0 Å². The zero-order valence-corrected chi connectivity index (χ0v) is 8.86. The van der Waals surface area contributed by atoms with E-state index in [2.05, 4.69) is 9.84 Å². The molecule has 0 radical (unpaired) electrons. The molecule has 15 heavy (non-hydrogen) atoms. The topological polar surface area (TPSA) is 55.0 Å². The number of halogens is 3. The fourth-order valence-electron chi connectivity index (χ4n) is 1.09. The molecule has 7 heteroatoms. The van der Waals surface area contributed by atoms with Gasteiger partial charge in [-0.1, -0.05) is 0 Å². The van der Waals surface area contributed by atoms with Gasteiger partial charge in [-0.25, -0.2) is 4.79 Å². The maximum Gasteiger partial charge on any atom is 0.365 e. The minimum absolute atomic E-state index is 0.0940. The van der Waals surface area contributed by atoms with E-state index < -0.39 is 17.0 Å². The summed E-state index contributed by atoms with van der Waals surface area (Å²) >= 11 is 4.81. The summed E-state index contributed by atoms with van der Waals surface area (Å²) in [5.74, 6) is -0.862. The fourth-order valence-corrected chi connectivity index (χ4v) is 1.23. The molecule has 0 atom stereocenters. The van der Waals surface area contributed by atoms with Crippen molar-refractivity contribution in [2.45, 2.75) is 19.2 Å². The van der Waals surface area contributed by atoms with Crippen LogP contribution in [-0.2, 0) is 10.1 Å². The van der Waals surface area contributed by atoms with E-state index in [1.54, 1.807) is 6.92 Å². The summed E-state index contributed by atoms with van der Waals surface area (Å²) in [6.07, 6.45) is 0. The molecular weight excluding hydrogens is 230 g/mol. The Balaban J connectivity index is 3.16. The zero-order valence-electron chi connectivity index (χ0n) is 8.10. The number of carbonyl (C=O) groups is 1. The normalized spacial score (nSPS) is 11.5. The van der Waals surface area contributed by atoms with Gasteiger partial charge in [0.15, 0.2) is 0 Å². The van der Waals surface area contributed by atoms with E-state index in [9.17, 15) is 13.6 Å². The van der Waals surface area contributed by atoms with Crippen LogP contribution in [0.3, 0.4) is 0 Å². The summed E-state index contributed by atoms with van der Waals surface area (Å²) in [6, 6.07) is 0. The molecule has 1 aromatic heterocycles. The van der Waals surface area contributed by atoms with E-state index >= 15 is 0 Å². The van der Waals surface area contributed by atoms with Crippen LogP contribution in [0.25, 0.3) is 0 Å². The van der Waals surface area contributed by atoms with Crippen LogP contribution in [0, 0.1) is 6.92 Å². The average Bonchev–Trinajstić information content (AvgIpc) is 2.46. The van der Waals surface area contributed by atoms with Crippen LogP contribution >= 0.6 is 11.6 Å². The lowest BCUT2D eigenvalue weighted by Gasteiger charge is -2.07. The number of aromatic nitrogens is 2. The van der Waals surface area contributed by atoms with Gasteiger partial charge in [0, 0.05) is 0 Å². The second kappa shape index (κ2) is 4.14. The lowest BCUT2D eigenvalue weighted by atomic mass is 10.2. The largest absolute Gasteiger partial charge is 0.462 e. The number of ether oxygens (including phenoxy) is 1. The van der Waals surface area contributed by atoms with E-state index in [0.29, 0.717) is 0 Å². The molecule has 0 aliphatic rings. The molecule has 0 spiro atoms. The van der Waals surface area contributed by atoms with Gasteiger partial charge >= 0.3 is 11.4 Å². The SMILES string of the molecule is CCOC(=O)c1c(C)n[nH]c1C(F)(F)Cl. The Morgan fingerprint density at radius 3 is 2.73 bits per heavy atom. The highest BCUT2D eigenvalue weighted by molar-refractivity contribution is 6.22. The van der Waals surface area contributed by atoms with Crippen molar-refractivity contribution < 1.29 is 18.3 Å². The van der Waals surface area contributed by atoms with E-state index in [0.717, 1.165) is 0 Å². The van der Waals surface area contributed by atoms with Crippen molar-refractivity contribution in [1.82, 2.24) is 10.2 Å². The first-order valence-corrected chi connectivity index (χ1v) is 4.55. The number of aryl methyl sites for hydroxylation is 1. The molecule has 1 aromatic rings. The van der Waals surface area contributed by atoms with Gasteiger partial charge in [-0.3, -0.25) is 5.10 Å². The number of aromatic amines is 1. The summed E-state index contributed by atoms with van der Waals surface area (Å²) < 4.78 is 30.2. The number of alkyl halides is 3. The monoisotopic (exact) mass is 238 g/mol. The first kappa shape index (κ1) is 11.9. The molecule has 0 unspecified atom stereocenters. The minimum Gasteiger partial charge on any atom is -0.462 e. The van der Waals surface area contributed by atoms with Gasteiger partial charge in [0.1, 0.15) is 11.3 Å². The van der Waals surface area contributed by atoms with Gasteiger partial charge in [-0.2, -0.15) is 13.9 Å². The molecule has 1 N–H and O–H groups in total. The quantitative estimate of drug-likeness (QED) is 0.649. The van der Waals surface area contributed by atoms with Crippen LogP contribution in [0.5, 0.6) is 0 Å². The van der Waals surface area contributed by atoms with E-state index in [1.807, 2.05) is 5.10 Å². The highest BCUT2D eigenvalue weighted by atomic mass is 35.5. The van der Waals surface area contributed by atoms with Gasteiger partial charge in [0.05, 0.1) is 12.3 Å². The molecule has 0 saturated carbocycles. The molecule has 0 aliphatic heterocycles. The Morgan fingerprint density at radius 2 is 2.27 bits per heavy atom. The van der Waals surface area contributed by atoms with Gasteiger partial charge in [0.2, 0.25) is 0 Å². The third kappa shape index (κ3) is 2.44. The summed E-state index contributed by atoms with van der Waals surface area (Å²) in [5, 5.41) is 1.85. The summed E-state index contributed by atoms with van der Waals surface area (Å²) in [6.45, 7) is 3.08. The van der Waals surface area contributed by atoms with Crippen molar-refractivity contribution in [3.05, 3.63) is 17.0 Å². The Hall–Kier alpha value is -1.17. The number of hydrogen-bond acceptors (Lipinski definition) is 3. The highest BCUT2D eigenvalue weighted by Crippen LogP contribution is 2.34. The van der Waals surface area contributed by atoms with Gasteiger partial charge in [-0.15, -0.1) is 0 Å². The van der Waals surface area contributed by atoms with Crippen molar-refractivity contribution in [1.29, 1.82) is 0 Å². The second-order valence-electron chi connectivity index (χ2n) is 2.78. The molecule has 0 saturated heterocycles. The smallest absolute Gasteiger partial charge is 0.365 e. The third-order valence-electron chi connectivity index (χ3n) is 1.71. The molecule has 0 bridgehead atoms. The Morgan fingerprint density at radius 1 is 1.67 bits per heavy atom. The van der Waals surface area contributed by atoms with E-state index in [-0.39, 0.29) is 17.9 Å². The average molecular weight is 239 g/mol. The predicted octanol–water partition coefficient (Wildman–Crippen LogP) is 2.18. The summed E-state index contributed by atoms with van der Waals surface area (Å²) in [7, 11) is 0. The molecule has 0 aliphatic carbocycles. The number of nitrogens with zero attached hydrogens (tertiary/aromatic N) is 1. The van der Waals surface area contributed by atoms with Crippen LogP contribution in [-0.4, -0.2) is 22.8 Å². The number of nitrogens with one attached hydrogen (secondary N) is 1.